The van der Waals surface area contributed by atoms with E-state index in [9.17, 15) is 0 Å². The molecule has 1 N–H and O–H groups in total. The highest BCUT2D eigenvalue weighted by Gasteiger charge is 2.20. The van der Waals surface area contributed by atoms with Crippen molar-refractivity contribution in [1.82, 2.24) is 19.7 Å². The van der Waals surface area contributed by atoms with Crippen LogP contribution < -0.4 is 9.46 Å². The van der Waals surface area contributed by atoms with Crippen LogP contribution in [-0.4, -0.2) is 19.7 Å². The lowest BCUT2D eigenvalue weighted by atomic mass is 10.1. The van der Waals surface area contributed by atoms with Crippen LogP contribution in [0.2, 0.25) is 0 Å². The molecule has 0 atom stereocenters. The van der Waals surface area contributed by atoms with E-state index in [0.29, 0.717) is 11.3 Å². The largest absolute Gasteiger partial charge is 0.436 e. The number of para-hydroxylation sites is 1. The van der Waals surface area contributed by atoms with Crippen LogP contribution in [0.5, 0.6) is 11.6 Å². The number of ether oxygens (including phenoxy) is 1. The van der Waals surface area contributed by atoms with Crippen LogP contribution in [0.25, 0.3) is 11.3 Å². The summed E-state index contributed by atoms with van der Waals surface area (Å²) in [6.07, 6.45) is 3.57. The Labute approximate surface area is 178 Å². The topological polar surface area (TPSA) is 64.9 Å². The second-order valence-electron chi connectivity index (χ2n) is 6.75. The number of halogens is 1. The van der Waals surface area contributed by atoms with E-state index in [1.54, 1.807) is 16.9 Å². The number of benzene rings is 2. The number of hydrogen-bond donors (Lipinski definition) is 1. The van der Waals surface area contributed by atoms with Crippen molar-refractivity contribution in [2.24, 2.45) is 7.05 Å². The first-order valence-corrected chi connectivity index (χ1v) is 10.1. The average molecular weight is 422 g/mol. The molecule has 2 heterocycles. The fourth-order valence-corrected chi connectivity index (χ4v) is 3.49. The van der Waals surface area contributed by atoms with Crippen molar-refractivity contribution in [2.75, 3.05) is 4.72 Å². The minimum absolute atomic E-state index is 0.133. The SMILES string of the molecule is Cc1ccccc1Oc1nc(NSc2cnn(C)c2)nc(-c2ccccc2C)c1F. The van der Waals surface area contributed by atoms with Crippen molar-refractivity contribution in [3.63, 3.8) is 0 Å². The maximum Gasteiger partial charge on any atom is 0.261 e. The Bertz CT molecular complexity index is 1190. The molecular weight excluding hydrogens is 401 g/mol. The minimum Gasteiger partial charge on any atom is -0.436 e. The quantitative estimate of drug-likeness (QED) is 0.412. The molecule has 8 heteroatoms. The van der Waals surface area contributed by atoms with E-state index in [2.05, 4.69) is 19.8 Å². The third-order valence-corrected chi connectivity index (χ3v) is 5.19. The number of nitrogens with one attached hydrogen (secondary N) is 1. The summed E-state index contributed by atoms with van der Waals surface area (Å²) in [4.78, 5) is 9.58. The van der Waals surface area contributed by atoms with Crippen LogP contribution in [-0.2, 0) is 7.05 Å². The lowest BCUT2D eigenvalue weighted by molar-refractivity contribution is 0.420. The number of aryl methyl sites for hydroxylation is 3. The van der Waals surface area contributed by atoms with Gasteiger partial charge in [-0.25, -0.2) is 4.98 Å². The Morgan fingerprint density at radius 3 is 2.43 bits per heavy atom. The molecule has 0 amide bonds. The Morgan fingerprint density at radius 1 is 1.00 bits per heavy atom. The van der Waals surface area contributed by atoms with Gasteiger partial charge in [-0.2, -0.15) is 14.5 Å². The number of hydrogen-bond acceptors (Lipinski definition) is 6. The Hall–Kier alpha value is -3.39. The van der Waals surface area contributed by atoms with E-state index in [1.807, 2.05) is 69.6 Å². The van der Waals surface area contributed by atoms with Gasteiger partial charge in [0.05, 0.1) is 11.1 Å². The van der Waals surface area contributed by atoms with Crippen molar-refractivity contribution in [1.29, 1.82) is 0 Å². The molecule has 2 aromatic heterocycles. The van der Waals surface area contributed by atoms with Crippen LogP contribution in [0.1, 0.15) is 11.1 Å². The molecule has 0 aliphatic rings. The molecule has 0 saturated heterocycles. The van der Waals surface area contributed by atoms with Crippen molar-refractivity contribution in [2.45, 2.75) is 18.7 Å². The fraction of sp³-hybridized carbons (Fsp3) is 0.136. The summed E-state index contributed by atoms with van der Waals surface area (Å²) in [7, 11) is 1.84. The summed E-state index contributed by atoms with van der Waals surface area (Å²) in [5, 5.41) is 4.13. The van der Waals surface area contributed by atoms with Gasteiger partial charge in [0.15, 0.2) is 0 Å². The van der Waals surface area contributed by atoms with Gasteiger partial charge in [0.2, 0.25) is 11.8 Å². The summed E-state index contributed by atoms with van der Waals surface area (Å²) in [6.45, 7) is 3.81. The van der Waals surface area contributed by atoms with Crippen molar-refractivity contribution in [3.05, 3.63) is 77.9 Å². The molecule has 0 radical (unpaired) electrons. The van der Waals surface area contributed by atoms with E-state index in [4.69, 9.17) is 4.74 Å². The molecule has 4 aromatic rings. The van der Waals surface area contributed by atoms with Gasteiger partial charge in [0, 0.05) is 18.8 Å². The first kappa shape index (κ1) is 19.9. The molecule has 0 unspecified atom stereocenters. The molecule has 4 rings (SSSR count). The summed E-state index contributed by atoms with van der Waals surface area (Å²) in [5.74, 6) is 0.0418. The Morgan fingerprint density at radius 2 is 1.73 bits per heavy atom. The first-order chi connectivity index (χ1) is 14.5. The standard InChI is InChI=1S/C22H20FN5OS/c1-14-8-4-6-10-17(14)20-19(23)21(29-18-11-7-5-9-15(18)2)26-22(25-20)27-30-16-12-24-28(3)13-16/h4-13H,1-3H3,(H,25,26,27). The normalized spacial score (nSPS) is 10.8. The van der Waals surface area contributed by atoms with Crippen LogP contribution >= 0.6 is 11.9 Å². The fourth-order valence-electron chi connectivity index (χ4n) is 2.89. The monoisotopic (exact) mass is 421 g/mol. The second-order valence-corrected chi connectivity index (χ2v) is 7.63. The molecule has 2 aromatic carbocycles. The van der Waals surface area contributed by atoms with Gasteiger partial charge in [-0.15, -0.1) is 0 Å². The number of anilines is 1. The summed E-state index contributed by atoms with van der Waals surface area (Å²) >= 11 is 1.29. The molecule has 0 aliphatic carbocycles. The lowest BCUT2D eigenvalue weighted by Gasteiger charge is -2.13. The highest BCUT2D eigenvalue weighted by atomic mass is 32.2. The highest BCUT2D eigenvalue weighted by molar-refractivity contribution is 8.00. The summed E-state index contributed by atoms with van der Waals surface area (Å²) in [5.41, 5.74) is 2.65. The molecule has 0 aliphatic heterocycles. The zero-order chi connectivity index (χ0) is 21.1. The van der Waals surface area contributed by atoms with Gasteiger partial charge in [0.1, 0.15) is 11.4 Å². The highest BCUT2D eigenvalue weighted by Crippen LogP contribution is 2.33. The van der Waals surface area contributed by atoms with Gasteiger partial charge < -0.3 is 4.74 Å². The van der Waals surface area contributed by atoms with Gasteiger partial charge in [-0.05, 0) is 43.0 Å². The lowest BCUT2D eigenvalue weighted by Crippen LogP contribution is -2.04. The smallest absolute Gasteiger partial charge is 0.261 e. The summed E-state index contributed by atoms with van der Waals surface area (Å²) in [6, 6.07) is 14.9. The number of rotatable bonds is 6. The zero-order valence-electron chi connectivity index (χ0n) is 16.8. The van der Waals surface area contributed by atoms with E-state index < -0.39 is 5.82 Å². The molecule has 0 fully saturated rings. The maximum atomic E-state index is 15.4. The van der Waals surface area contributed by atoms with Crippen molar-refractivity contribution < 1.29 is 9.13 Å². The predicted molar refractivity (Wildman–Crippen MR) is 116 cm³/mol. The predicted octanol–water partition coefficient (Wildman–Crippen LogP) is 5.54. The van der Waals surface area contributed by atoms with Crippen LogP contribution in [0, 0.1) is 19.7 Å². The van der Waals surface area contributed by atoms with Crippen LogP contribution in [0.15, 0.2) is 65.8 Å². The molecule has 152 valence electrons. The molecular formula is C22H20FN5OS. The van der Waals surface area contributed by atoms with Gasteiger partial charge >= 0.3 is 0 Å². The Balaban J connectivity index is 1.75. The maximum absolute atomic E-state index is 15.4. The number of nitrogens with zero attached hydrogens (tertiary/aromatic N) is 4. The van der Waals surface area contributed by atoms with Gasteiger partial charge in [-0.3, -0.25) is 9.40 Å². The second kappa shape index (κ2) is 8.54. The molecule has 0 saturated carbocycles. The van der Waals surface area contributed by atoms with E-state index in [0.717, 1.165) is 16.0 Å². The van der Waals surface area contributed by atoms with Gasteiger partial charge in [0.25, 0.3) is 5.88 Å². The summed E-state index contributed by atoms with van der Waals surface area (Å²) < 4.78 is 26.0. The minimum atomic E-state index is -0.607. The van der Waals surface area contributed by atoms with Crippen molar-refractivity contribution in [3.8, 4) is 22.9 Å². The molecule has 0 spiro atoms. The van der Waals surface area contributed by atoms with E-state index in [1.165, 1.54) is 11.9 Å². The molecule has 30 heavy (non-hydrogen) atoms. The van der Waals surface area contributed by atoms with Crippen LogP contribution in [0.4, 0.5) is 10.3 Å². The Kier molecular flexibility index (Phi) is 5.67. The van der Waals surface area contributed by atoms with E-state index >= 15 is 4.39 Å². The molecule has 0 bridgehead atoms. The van der Waals surface area contributed by atoms with E-state index in [-0.39, 0.29) is 17.5 Å². The van der Waals surface area contributed by atoms with Crippen molar-refractivity contribution >= 4 is 17.9 Å². The van der Waals surface area contributed by atoms with Gasteiger partial charge in [-0.1, -0.05) is 42.5 Å². The van der Waals surface area contributed by atoms with Crippen LogP contribution in [0.3, 0.4) is 0 Å². The third-order valence-electron chi connectivity index (χ3n) is 4.46. The third kappa shape index (κ3) is 4.28. The zero-order valence-corrected chi connectivity index (χ0v) is 17.6. The first-order valence-electron chi connectivity index (χ1n) is 9.30. The average Bonchev–Trinajstić information content (AvgIpc) is 3.16. The number of aromatic nitrogens is 4. The molecule has 6 nitrogen and oxygen atoms in total.